The average Bonchev–Trinajstić information content (AvgIpc) is 2.59. The lowest BCUT2D eigenvalue weighted by Crippen LogP contribution is -2.32. The van der Waals surface area contributed by atoms with Crippen molar-refractivity contribution in [2.45, 2.75) is 6.92 Å². The summed E-state index contributed by atoms with van der Waals surface area (Å²) < 4.78 is 4.73. The van der Waals surface area contributed by atoms with Gasteiger partial charge in [-0.05, 0) is 6.92 Å². The van der Waals surface area contributed by atoms with E-state index in [2.05, 4.69) is 10.3 Å². The third-order valence-electron chi connectivity index (χ3n) is 1.62. The maximum Gasteiger partial charge on any atom is 0.331 e. The highest BCUT2D eigenvalue weighted by molar-refractivity contribution is 6.04. The molecule has 1 unspecified atom stereocenters. The van der Waals surface area contributed by atoms with E-state index in [4.69, 9.17) is 10.00 Å². The van der Waals surface area contributed by atoms with Crippen LogP contribution in [0.5, 0.6) is 0 Å². The molecule has 5 heteroatoms. The number of hydrogen-bond acceptors (Lipinski definition) is 5. The second-order valence-corrected chi connectivity index (χ2v) is 2.51. The van der Waals surface area contributed by atoms with E-state index in [0.717, 1.165) is 0 Å². The molecule has 0 aromatic rings. The fourth-order valence-corrected chi connectivity index (χ4v) is 1.06. The van der Waals surface area contributed by atoms with Crippen LogP contribution >= 0.6 is 0 Å². The van der Waals surface area contributed by atoms with Crippen molar-refractivity contribution in [2.75, 3.05) is 19.7 Å². The molecular formula is C8H11N3O2. The second-order valence-electron chi connectivity index (χ2n) is 2.51. The van der Waals surface area contributed by atoms with Gasteiger partial charge >= 0.3 is 5.97 Å². The number of amidine groups is 1. The zero-order chi connectivity index (χ0) is 9.68. The molecule has 70 valence electrons. The Hall–Kier alpha value is -1.57. The molecule has 0 fully saturated rings. The van der Waals surface area contributed by atoms with Gasteiger partial charge in [-0.3, -0.25) is 9.79 Å². The fourth-order valence-electron chi connectivity index (χ4n) is 1.06. The molecule has 0 aromatic heterocycles. The predicted molar refractivity (Wildman–Crippen MR) is 46.0 cm³/mol. The summed E-state index contributed by atoms with van der Waals surface area (Å²) in [6, 6.07) is 1.86. The molecule has 0 saturated heterocycles. The van der Waals surface area contributed by atoms with Gasteiger partial charge in [-0.2, -0.15) is 5.26 Å². The Bertz CT molecular complexity index is 267. The van der Waals surface area contributed by atoms with E-state index >= 15 is 0 Å². The van der Waals surface area contributed by atoms with E-state index in [1.807, 2.05) is 6.07 Å². The van der Waals surface area contributed by atoms with Gasteiger partial charge in [0.15, 0.2) is 0 Å². The molecule has 0 saturated carbocycles. The van der Waals surface area contributed by atoms with E-state index in [1.54, 1.807) is 6.92 Å². The number of carbonyl (C=O) groups is 1. The van der Waals surface area contributed by atoms with Crippen molar-refractivity contribution in [3.63, 3.8) is 0 Å². The summed E-state index contributed by atoms with van der Waals surface area (Å²) in [7, 11) is 0. The Balaban J connectivity index is 2.62. The molecule has 0 bridgehead atoms. The molecule has 1 aliphatic heterocycles. The zero-order valence-corrected chi connectivity index (χ0v) is 7.41. The first kappa shape index (κ1) is 9.52. The Kier molecular flexibility index (Phi) is 3.26. The second kappa shape index (κ2) is 4.45. The predicted octanol–water partition coefficient (Wildman–Crippen LogP) is -0.309. The summed E-state index contributed by atoms with van der Waals surface area (Å²) in [4.78, 5) is 15.2. The van der Waals surface area contributed by atoms with Gasteiger partial charge in [0.2, 0.25) is 5.92 Å². The lowest BCUT2D eigenvalue weighted by molar-refractivity contribution is -0.144. The largest absolute Gasteiger partial charge is 0.465 e. The first-order valence-electron chi connectivity index (χ1n) is 4.14. The first-order chi connectivity index (χ1) is 6.29. The topological polar surface area (TPSA) is 74.5 Å². The van der Waals surface area contributed by atoms with Gasteiger partial charge in [-0.1, -0.05) is 0 Å². The van der Waals surface area contributed by atoms with Crippen LogP contribution in [0.4, 0.5) is 0 Å². The molecule has 1 rings (SSSR count). The van der Waals surface area contributed by atoms with Crippen molar-refractivity contribution in [2.24, 2.45) is 10.9 Å². The molecule has 5 nitrogen and oxygen atoms in total. The first-order valence-corrected chi connectivity index (χ1v) is 4.14. The third kappa shape index (κ3) is 2.18. The van der Waals surface area contributed by atoms with Crippen LogP contribution in [0.1, 0.15) is 6.92 Å². The van der Waals surface area contributed by atoms with Crippen LogP contribution in [0.15, 0.2) is 4.99 Å². The standard InChI is InChI=1S/C8H11N3O2/c1-2-13-8(12)6(5-9)7-10-3-4-11-7/h6H,2-4H2,1H3,(H,10,11). The maximum absolute atomic E-state index is 11.2. The quantitative estimate of drug-likeness (QED) is 0.606. The smallest absolute Gasteiger partial charge is 0.331 e. The number of nitrogens with one attached hydrogen (secondary N) is 1. The minimum atomic E-state index is -0.887. The Morgan fingerprint density at radius 3 is 3.15 bits per heavy atom. The average molecular weight is 181 g/mol. The van der Waals surface area contributed by atoms with E-state index < -0.39 is 11.9 Å². The van der Waals surface area contributed by atoms with Crippen LogP contribution in [-0.2, 0) is 9.53 Å². The van der Waals surface area contributed by atoms with Crippen molar-refractivity contribution in [3.8, 4) is 6.07 Å². The highest BCUT2D eigenvalue weighted by Gasteiger charge is 2.26. The van der Waals surface area contributed by atoms with Gasteiger partial charge in [-0.25, -0.2) is 0 Å². The molecule has 1 heterocycles. The normalized spacial score (nSPS) is 16.8. The van der Waals surface area contributed by atoms with Gasteiger partial charge < -0.3 is 10.1 Å². The number of rotatable bonds is 3. The van der Waals surface area contributed by atoms with Gasteiger partial charge in [-0.15, -0.1) is 0 Å². The lowest BCUT2D eigenvalue weighted by Gasteiger charge is -2.07. The molecule has 0 aliphatic carbocycles. The Morgan fingerprint density at radius 2 is 2.69 bits per heavy atom. The summed E-state index contributed by atoms with van der Waals surface area (Å²) >= 11 is 0. The van der Waals surface area contributed by atoms with Gasteiger partial charge in [0.05, 0.1) is 19.2 Å². The summed E-state index contributed by atoms with van der Waals surface area (Å²) in [5.74, 6) is -0.985. The van der Waals surface area contributed by atoms with Crippen molar-refractivity contribution in [1.82, 2.24) is 5.32 Å². The Morgan fingerprint density at radius 1 is 1.92 bits per heavy atom. The van der Waals surface area contributed by atoms with Crippen LogP contribution in [0.2, 0.25) is 0 Å². The monoisotopic (exact) mass is 181 g/mol. The van der Waals surface area contributed by atoms with Gasteiger partial charge in [0, 0.05) is 6.54 Å². The van der Waals surface area contributed by atoms with Crippen LogP contribution in [-0.4, -0.2) is 31.5 Å². The number of aliphatic imine (C=N–C) groups is 1. The van der Waals surface area contributed by atoms with Crippen LogP contribution in [0, 0.1) is 17.2 Å². The van der Waals surface area contributed by atoms with Crippen molar-refractivity contribution in [1.29, 1.82) is 5.26 Å². The number of nitriles is 1. The molecule has 1 N–H and O–H groups in total. The van der Waals surface area contributed by atoms with E-state index in [9.17, 15) is 4.79 Å². The molecule has 0 spiro atoms. The summed E-state index contributed by atoms with van der Waals surface area (Å²) in [5, 5.41) is 11.6. The van der Waals surface area contributed by atoms with E-state index in [1.165, 1.54) is 0 Å². The third-order valence-corrected chi connectivity index (χ3v) is 1.62. The molecule has 1 aliphatic rings. The highest BCUT2D eigenvalue weighted by Crippen LogP contribution is 2.03. The summed E-state index contributed by atoms with van der Waals surface area (Å²) in [6.45, 7) is 3.29. The van der Waals surface area contributed by atoms with Crippen LogP contribution in [0.25, 0.3) is 0 Å². The number of ether oxygens (including phenoxy) is 1. The number of esters is 1. The number of carbonyl (C=O) groups excluding carboxylic acids is 1. The van der Waals surface area contributed by atoms with E-state index in [0.29, 0.717) is 18.9 Å². The Labute approximate surface area is 76.4 Å². The van der Waals surface area contributed by atoms with Crippen molar-refractivity contribution < 1.29 is 9.53 Å². The molecule has 0 aromatic carbocycles. The van der Waals surface area contributed by atoms with Crippen molar-refractivity contribution >= 4 is 11.8 Å². The van der Waals surface area contributed by atoms with Gasteiger partial charge in [0.25, 0.3) is 0 Å². The van der Waals surface area contributed by atoms with Crippen LogP contribution < -0.4 is 5.32 Å². The van der Waals surface area contributed by atoms with E-state index in [-0.39, 0.29) is 6.61 Å². The SMILES string of the molecule is CCOC(=O)C(C#N)C1=NCCN1. The minimum absolute atomic E-state index is 0.282. The molecule has 0 radical (unpaired) electrons. The fraction of sp³-hybridized carbons (Fsp3) is 0.625. The van der Waals surface area contributed by atoms with Crippen molar-refractivity contribution in [3.05, 3.63) is 0 Å². The maximum atomic E-state index is 11.2. The molecule has 0 amide bonds. The molecule has 1 atom stereocenters. The molecular weight excluding hydrogens is 170 g/mol. The summed E-state index contributed by atoms with van der Waals surface area (Å²) in [6.07, 6.45) is 0. The van der Waals surface area contributed by atoms with Crippen LogP contribution in [0.3, 0.4) is 0 Å². The summed E-state index contributed by atoms with van der Waals surface area (Å²) in [5.41, 5.74) is 0. The highest BCUT2D eigenvalue weighted by atomic mass is 16.5. The van der Waals surface area contributed by atoms with Gasteiger partial charge in [0.1, 0.15) is 5.84 Å². The zero-order valence-electron chi connectivity index (χ0n) is 7.41. The number of hydrogen-bond donors (Lipinski definition) is 1. The molecule has 13 heavy (non-hydrogen) atoms. The lowest BCUT2D eigenvalue weighted by atomic mass is 10.1. The number of nitrogens with zero attached hydrogens (tertiary/aromatic N) is 2. The minimum Gasteiger partial charge on any atom is -0.465 e.